The highest BCUT2D eigenvalue weighted by Crippen LogP contribution is 2.42. The number of aromatic nitrogens is 1. The van der Waals surface area contributed by atoms with Crippen molar-refractivity contribution >= 4 is 0 Å². The quantitative estimate of drug-likeness (QED) is 0.881. The van der Waals surface area contributed by atoms with Crippen LogP contribution in [0.25, 0.3) is 0 Å². The maximum Gasteiger partial charge on any atom is 0.248 e. The Morgan fingerprint density at radius 1 is 1.59 bits per heavy atom. The Morgan fingerprint density at radius 2 is 2.35 bits per heavy atom. The molecule has 1 heterocycles. The summed E-state index contributed by atoms with van der Waals surface area (Å²) in [5, 5.41) is 10.1. The van der Waals surface area contributed by atoms with Crippen molar-refractivity contribution in [1.82, 2.24) is 4.98 Å². The lowest BCUT2D eigenvalue weighted by atomic mass is 9.94. The fraction of sp³-hybridized carbons (Fsp3) is 0.615. The zero-order chi connectivity index (χ0) is 12.5. The van der Waals surface area contributed by atoms with Gasteiger partial charge in [0, 0.05) is 25.2 Å². The first-order valence-electron chi connectivity index (χ1n) is 5.94. The maximum atomic E-state index is 13.0. The Balaban J connectivity index is 1.99. The average Bonchev–Trinajstić information content (AvgIpc) is 2.58. The van der Waals surface area contributed by atoms with Gasteiger partial charge in [-0.15, -0.1) is 0 Å². The first-order chi connectivity index (χ1) is 7.98. The van der Waals surface area contributed by atoms with Gasteiger partial charge in [0.2, 0.25) is 5.92 Å². The SMILES string of the molecule is Cc1cnccc1C(O)CC1CCC(F)(F)C1. The predicted molar refractivity (Wildman–Crippen MR) is 60.8 cm³/mol. The van der Waals surface area contributed by atoms with Gasteiger partial charge in [0.1, 0.15) is 0 Å². The van der Waals surface area contributed by atoms with E-state index in [1.807, 2.05) is 6.92 Å². The molecule has 17 heavy (non-hydrogen) atoms. The molecule has 0 radical (unpaired) electrons. The smallest absolute Gasteiger partial charge is 0.248 e. The van der Waals surface area contributed by atoms with E-state index in [1.54, 1.807) is 18.5 Å². The molecule has 1 aliphatic carbocycles. The van der Waals surface area contributed by atoms with Crippen LogP contribution in [0.5, 0.6) is 0 Å². The van der Waals surface area contributed by atoms with E-state index in [4.69, 9.17) is 0 Å². The number of hydrogen-bond donors (Lipinski definition) is 1. The van der Waals surface area contributed by atoms with E-state index < -0.39 is 12.0 Å². The minimum Gasteiger partial charge on any atom is -0.388 e. The van der Waals surface area contributed by atoms with Crippen LogP contribution < -0.4 is 0 Å². The molecule has 2 atom stereocenters. The summed E-state index contributed by atoms with van der Waals surface area (Å²) in [6, 6.07) is 1.76. The van der Waals surface area contributed by atoms with Gasteiger partial charge < -0.3 is 5.11 Å². The number of nitrogens with zero attached hydrogens (tertiary/aromatic N) is 1. The molecule has 1 N–H and O–H groups in total. The van der Waals surface area contributed by atoms with Crippen LogP contribution >= 0.6 is 0 Å². The summed E-state index contributed by atoms with van der Waals surface area (Å²) in [6.45, 7) is 1.87. The summed E-state index contributed by atoms with van der Waals surface area (Å²) < 4.78 is 26.1. The first kappa shape index (κ1) is 12.4. The van der Waals surface area contributed by atoms with Gasteiger partial charge >= 0.3 is 0 Å². The number of pyridine rings is 1. The van der Waals surface area contributed by atoms with E-state index in [1.165, 1.54) is 0 Å². The number of aliphatic hydroxyl groups excluding tert-OH is 1. The van der Waals surface area contributed by atoms with Crippen LogP contribution in [-0.2, 0) is 0 Å². The lowest BCUT2D eigenvalue weighted by Crippen LogP contribution is -2.11. The van der Waals surface area contributed by atoms with Crippen molar-refractivity contribution in [2.45, 2.75) is 44.6 Å². The highest BCUT2D eigenvalue weighted by Gasteiger charge is 2.39. The molecule has 0 bridgehead atoms. The Bertz CT molecular complexity index is 395. The third-order valence-corrected chi connectivity index (χ3v) is 3.48. The second kappa shape index (κ2) is 4.69. The van der Waals surface area contributed by atoms with E-state index >= 15 is 0 Å². The second-order valence-corrected chi connectivity index (χ2v) is 4.95. The third kappa shape index (κ3) is 3.00. The summed E-state index contributed by atoms with van der Waals surface area (Å²) in [5.74, 6) is -2.61. The van der Waals surface area contributed by atoms with Crippen molar-refractivity contribution < 1.29 is 13.9 Å². The van der Waals surface area contributed by atoms with Crippen LogP contribution in [0.1, 0.15) is 42.9 Å². The molecule has 1 aromatic rings. The van der Waals surface area contributed by atoms with Gasteiger partial charge in [-0.25, -0.2) is 8.78 Å². The molecular weight excluding hydrogens is 224 g/mol. The Kier molecular flexibility index (Phi) is 3.43. The van der Waals surface area contributed by atoms with Crippen LogP contribution in [-0.4, -0.2) is 16.0 Å². The summed E-state index contributed by atoms with van der Waals surface area (Å²) in [4.78, 5) is 3.95. The summed E-state index contributed by atoms with van der Waals surface area (Å²) >= 11 is 0. The zero-order valence-corrected chi connectivity index (χ0v) is 9.87. The van der Waals surface area contributed by atoms with Gasteiger partial charge in [0.15, 0.2) is 0 Å². The molecule has 0 saturated heterocycles. The van der Waals surface area contributed by atoms with Crippen molar-refractivity contribution in [3.63, 3.8) is 0 Å². The number of halogens is 2. The van der Waals surface area contributed by atoms with Crippen molar-refractivity contribution in [3.8, 4) is 0 Å². The zero-order valence-electron chi connectivity index (χ0n) is 9.87. The number of rotatable bonds is 3. The highest BCUT2D eigenvalue weighted by molar-refractivity contribution is 5.23. The van der Waals surface area contributed by atoms with Gasteiger partial charge in [-0.2, -0.15) is 0 Å². The molecular formula is C13H17F2NO. The molecule has 0 amide bonds. The Hall–Kier alpha value is -1.03. The molecule has 4 heteroatoms. The molecule has 2 nitrogen and oxygen atoms in total. The van der Waals surface area contributed by atoms with Crippen molar-refractivity contribution in [2.75, 3.05) is 0 Å². The standard InChI is InChI=1S/C13H17F2NO/c1-9-8-16-5-3-11(9)12(17)6-10-2-4-13(14,15)7-10/h3,5,8,10,12,17H,2,4,6-7H2,1H3. The third-order valence-electron chi connectivity index (χ3n) is 3.48. The van der Waals surface area contributed by atoms with E-state index in [2.05, 4.69) is 4.98 Å². The molecule has 2 rings (SSSR count). The van der Waals surface area contributed by atoms with Gasteiger partial charge in [-0.3, -0.25) is 4.98 Å². The van der Waals surface area contributed by atoms with Crippen LogP contribution in [0.4, 0.5) is 8.78 Å². The second-order valence-electron chi connectivity index (χ2n) is 4.95. The van der Waals surface area contributed by atoms with Crippen LogP contribution in [0.2, 0.25) is 0 Å². The van der Waals surface area contributed by atoms with Gasteiger partial charge in [-0.05, 0) is 42.9 Å². The topological polar surface area (TPSA) is 33.1 Å². The number of aryl methyl sites for hydroxylation is 1. The molecule has 94 valence electrons. The monoisotopic (exact) mass is 241 g/mol. The number of hydrogen-bond acceptors (Lipinski definition) is 2. The largest absolute Gasteiger partial charge is 0.388 e. The van der Waals surface area contributed by atoms with Crippen LogP contribution in [0, 0.1) is 12.8 Å². The van der Waals surface area contributed by atoms with E-state index in [9.17, 15) is 13.9 Å². The van der Waals surface area contributed by atoms with Gasteiger partial charge in [0.25, 0.3) is 0 Å². The van der Waals surface area contributed by atoms with Crippen molar-refractivity contribution in [2.24, 2.45) is 5.92 Å². The van der Waals surface area contributed by atoms with Gasteiger partial charge in [-0.1, -0.05) is 0 Å². The number of alkyl halides is 2. The molecule has 1 aromatic heterocycles. The molecule has 0 aromatic carbocycles. The lowest BCUT2D eigenvalue weighted by Gasteiger charge is -2.17. The van der Waals surface area contributed by atoms with E-state index in [0.717, 1.165) is 11.1 Å². The summed E-state index contributed by atoms with van der Waals surface area (Å²) in [5.41, 5.74) is 1.71. The first-order valence-corrected chi connectivity index (χ1v) is 5.94. The Labute approximate surface area is 99.7 Å². The Morgan fingerprint density at radius 3 is 2.94 bits per heavy atom. The highest BCUT2D eigenvalue weighted by atomic mass is 19.3. The fourth-order valence-corrected chi connectivity index (χ4v) is 2.54. The lowest BCUT2D eigenvalue weighted by molar-refractivity contribution is 0.00253. The minimum atomic E-state index is -2.53. The van der Waals surface area contributed by atoms with Crippen molar-refractivity contribution in [3.05, 3.63) is 29.6 Å². The van der Waals surface area contributed by atoms with Crippen LogP contribution in [0.15, 0.2) is 18.5 Å². The van der Waals surface area contributed by atoms with E-state index in [-0.39, 0.29) is 18.8 Å². The fourth-order valence-electron chi connectivity index (χ4n) is 2.54. The van der Waals surface area contributed by atoms with E-state index in [0.29, 0.717) is 12.8 Å². The molecule has 2 unspecified atom stereocenters. The maximum absolute atomic E-state index is 13.0. The summed E-state index contributed by atoms with van der Waals surface area (Å²) in [6.07, 6.45) is 3.44. The average molecular weight is 241 g/mol. The minimum absolute atomic E-state index is 0.0420. The molecule has 0 spiro atoms. The molecule has 1 aliphatic rings. The number of aliphatic hydroxyl groups is 1. The molecule has 0 aliphatic heterocycles. The predicted octanol–water partition coefficient (Wildman–Crippen LogP) is 3.25. The van der Waals surface area contributed by atoms with Gasteiger partial charge in [0.05, 0.1) is 6.10 Å². The normalized spacial score (nSPS) is 24.8. The van der Waals surface area contributed by atoms with Crippen LogP contribution in [0.3, 0.4) is 0 Å². The van der Waals surface area contributed by atoms with Crippen molar-refractivity contribution in [1.29, 1.82) is 0 Å². The summed E-state index contributed by atoms with van der Waals surface area (Å²) in [7, 11) is 0. The molecule has 1 fully saturated rings. The molecule has 1 saturated carbocycles.